The molecule has 1 saturated heterocycles. The van der Waals surface area contributed by atoms with E-state index in [1.165, 1.54) is 0 Å². The number of nitrogens with one attached hydrogen (secondary N) is 1. The fourth-order valence-corrected chi connectivity index (χ4v) is 2.35. The van der Waals surface area contributed by atoms with E-state index in [0.717, 1.165) is 18.7 Å². The number of hydrogen-bond acceptors (Lipinski definition) is 3. The van der Waals surface area contributed by atoms with Gasteiger partial charge in [0.05, 0.1) is 0 Å². The molecule has 1 aromatic rings. The second kappa shape index (κ2) is 7.80. The monoisotopic (exact) mass is 324 g/mol. The molecule has 106 valence electrons. The molecule has 0 bridgehead atoms. The van der Waals surface area contributed by atoms with Crippen LogP contribution in [0.1, 0.15) is 5.56 Å². The van der Waals surface area contributed by atoms with Crippen molar-refractivity contribution in [2.45, 2.75) is 6.61 Å². The van der Waals surface area contributed by atoms with Crippen LogP contribution in [0, 0.1) is 0 Å². The molecule has 1 aliphatic heterocycles. The van der Waals surface area contributed by atoms with Crippen LogP contribution in [0.25, 0.3) is 0 Å². The second-order valence-electron chi connectivity index (χ2n) is 4.07. The van der Waals surface area contributed by atoms with Gasteiger partial charge in [-0.15, -0.1) is 12.4 Å². The molecule has 4 nitrogen and oxygen atoms in total. The summed E-state index contributed by atoms with van der Waals surface area (Å²) in [5.74, 6) is 0. The molecule has 0 saturated carbocycles. The molecule has 7 heteroatoms. The van der Waals surface area contributed by atoms with Crippen LogP contribution < -0.4 is 5.32 Å². The summed E-state index contributed by atoms with van der Waals surface area (Å²) in [5.41, 5.74) is 0.788. The Bertz CT molecular complexity index is 417. The van der Waals surface area contributed by atoms with Crippen molar-refractivity contribution >= 4 is 41.7 Å². The number of carbonyl (C=O) groups excluding carboxylic acids is 1. The van der Waals surface area contributed by atoms with Crippen LogP contribution in [0.5, 0.6) is 0 Å². The van der Waals surface area contributed by atoms with Crippen molar-refractivity contribution in [1.29, 1.82) is 0 Å². The molecule has 0 aromatic heterocycles. The molecule has 1 amide bonds. The second-order valence-corrected chi connectivity index (χ2v) is 4.94. The highest BCUT2D eigenvalue weighted by Crippen LogP contribution is 2.19. The SMILES string of the molecule is Cl.O=C(OCc1cc(Cl)cc(Cl)c1)N1CCNCC1. The van der Waals surface area contributed by atoms with E-state index in [-0.39, 0.29) is 25.1 Å². The van der Waals surface area contributed by atoms with E-state index >= 15 is 0 Å². The van der Waals surface area contributed by atoms with E-state index in [1.807, 2.05) is 0 Å². The first-order chi connectivity index (χ1) is 8.65. The summed E-state index contributed by atoms with van der Waals surface area (Å²) in [6.07, 6.45) is -0.299. The van der Waals surface area contributed by atoms with Gasteiger partial charge in [0.1, 0.15) is 6.61 Å². The summed E-state index contributed by atoms with van der Waals surface area (Å²) in [4.78, 5) is 13.4. The van der Waals surface area contributed by atoms with Crippen molar-refractivity contribution in [3.63, 3.8) is 0 Å². The van der Waals surface area contributed by atoms with Gasteiger partial charge < -0.3 is 15.0 Å². The van der Waals surface area contributed by atoms with Gasteiger partial charge in [0.2, 0.25) is 0 Å². The highest BCUT2D eigenvalue weighted by atomic mass is 35.5. The van der Waals surface area contributed by atoms with Crippen molar-refractivity contribution in [2.75, 3.05) is 26.2 Å². The van der Waals surface area contributed by atoms with E-state index in [2.05, 4.69) is 5.32 Å². The molecule has 0 spiro atoms. The first-order valence-corrected chi connectivity index (χ1v) is 6.48. The Kier molecular flexibility index (Phi) is 6.72. The van der Waals surface area contributed by atoms with Crippen molar-refractivity contribution < 1.29 is 9.53 Å². The molecule has 0 atom stereocenters. The van der Waals surface area contributed by atoms with Crippen LogP contribution in [0.15, 0.2) is 18.2 Å². The molecule has 2 rings (SSSR count). The van der Waals surface area contributed by atoms with Crippen LogP contribution >= 0.6 is 35.6 Å². The number of amides is 1. The van der Waals surface area contributed by atoms with E-state index in [9.17, 15) is 4.79 Å². The highest BCUT2D eigenvalue weighted by Gasteiger charge is 2.17. The zero-order chi connectivity index (χ0) is 13.0. The number of carbonyl (C=O) groups is 1. The smallest absolute Gasteiger partial charge is 0.410 e. The maximum atomic E-state index is 11.8. The Labute approximate surface area is 128 Å². The zero-order valence-corrected chi connectivity index (χ0v) is 12.5. The van der Waals surface area contributed by atoms with E-state index in [0.29, 0.717) is 23.1 Å². The van der Waals surface area contributed by atoms with Gasteiger partial charge in [-0.25, -0.2) is 4.79 Å². The van der Waals surface area contributed by atoms with Gasteiger partial charge >= 0.3 is 6.09 Å². The summed E-state index contributed by atoms with van der Waals surface area (Å²) in [6.45, 7) is 3.14. The summed E-state index contributed by atoms with van der Waals surface area (Å²) < 4.78 is 5.22. The first kappa shape index (κ1) is 16.4. The molecule has 1 aromatic carbocycles. The molecular weight excluding hydrogens is 311 g/mol. The zero-order valence-electron chi connectivity index (χ0n) is 10.2. The van der Waals surface area contributed by atoms with E-state index in [4.69, 9.17) is 27.9 Å². The number of piperazine rings is 1. The summed E-state index contributed by atoms with van der Waals surface area (Å²) in [6, 6.07) is 5.11. The number of rotatable bonds is 2. The normalized spacial score (nSPS) is 14.7. The van der Waals surface area contributed by atoms with Crippen molar-refractivity contribution in [3.05, 3.63) is 33.8 Å². The fraction of sp³-hybridized carbons (Fsp3) is 0.417. The standard InChI is InChI=1S/C12H14Cl2N2O2.ClH/c13-10-5-9(6-11(14)7-10)8-18-12(17)16-3-1-15-2-4-16;/h5-7,15H,1-4,8H2;1H. The summed E-state index contributed by atoms with van der Waals surface area (Å²) >= 11 is 11.7. The minimum Gasteiger partial charge on any atom is -0.445 e. The summed E-state index contributed by atoms with van der Waals surface area (Å²) in [7, 11) is 0. The lowest BCUT2D eigenvalue weighted by Crippen LogP contribution is -2.46. The van der Waals surface area contributed by atoms with Crippen LogP contribution in [0.4, 0.5) is 4.79 Å². The van der Waals surface area contributed by atoms with E-state index in [1.54, 1.807) is 23.1 Å². The average molecular weight is 326 g/mol. The molecule has 0 radical (unpaired) electrons. The third kappa shape index (κ3) is 5.07. The lowest BCUT2D eigenvalue weighted by molar-refractivity contribution is 0.0918. The largest absolute Gasteiger partial charge is 0.445 e. The molecule has 1 fully saturated rings. The predicted molar refractivity (Wildman–Crippen MR) is 78.3 cm³/mol. The van der Waals surface area contributed by atoms with Crippen molar-refractivity contribution in [1.82, 2.24) is 10.2 Å². The molecule has 1 N–H and O–H groups in total. The Morgan fingerprint density at radius 2 is 1.79 bits per heavy atom. The van der Waals surface area contributed by atoms with Crippen LogP contribution in [-0.4, -0.2) is 37.2 Å². The number of hydrogen-bond donors (Lipinski definition) is 1. The molecule has 1 aliphatic rings. The quantitative estimate of drug-likeness (QED) is 0.909. The minimum atomic E-state index is -0.299. The number of benzene rings is 1. The molecule has 19 heavy (non-hydrogen) atoms. The van der Waals surface area contributed by atoms with Gasteiger partial charge in [-0.3, -0.25) is 0 Å². The third-order valence-corrected chi connectivity index (χ3v) is 3.10. The average Bonchev–Trinajstić information content (AvgIpc) is 2.36. The molecule has 0 aliphatic carbocycles. The van der Waals surface area contributed by atoms with Crippen molar-refractivity contribution in [2.24, 2.45) is 0 Å². The number of halogens is 3. The minimum absolute atomic E-state index is 0. The molecule has 0 unspecified atom stereocenters. The maximum Gasteiger partial charge on any atom is 0.410 e. The Balaban J connectivity index is 0.00000180. The van der Waals surface area contributed by atoms with Crippen LogP contribution in [-0.2, 0) is 11.3 Å². The summed E-state index contributed by atoms with van der Waals surface area (Å²) in [5, 5.41) is 4.25. The maximum absolute atomic E-state index is 11.8. The van der Waals surface area contributed by atoms with Gasteiger partial charge in [-0.05, 0) is 23.8 Å². The van der Waals surface area contributed by atoms with Crippen LogP contribution in [0.3, 0.4) is 0 Å². The van der Waals surface area contributed by atoms with Gasteiger partial charge in [-0.2, -0.15) is 0 Å². The number of ether oxygens (including phenoxy) is 1. The predicted octanol–water partition coefficient (Wildman–Crippen LogP) is 2.96. The van der Waals surface area contributed by atoms with Gasteiger partial charge in [0.15, 0.2) is 0 Å². The topological polar surface area (TPSA) is 41.6 Å². The van der Waals surface area contributed by atoms with E-state index < -0.39 is 0 Å². The third-order valence-electron chi connectivity index (χ3n) is 2.66. The lowest BCUT2D eigenvalue weighted by atomic mass is 10.2. The van der Waals surface area contributed by atoms with Crippen molar-refractivity contribution in [3.8, 4) is 0 Å². The Morgan fingerprint density at radius 3 is 2.37 bits per heavy atom. The molecular formula is C12H15Cl3N2O2. The molecule has 1 heterocycles. The Hall–Kier alpha value is -0.680. The highest BCUT2D eigenvalue weighted by molar-refractivity contribution is 6.34. The van der Waals surface area contributed by atoms with Gasteiger partial charge in [-0.1, -0.05) is 23.2 Å². The number of nitrogens with zero attached hydrogens (tertiary/aromatic N) is 1. The first-order valence-electron chi connectivity index (χ1n) is 5.72. The Morgan fingerprint density at radius 1 is 1.21 bits per heavy atom. The lowest BCUT2D eigenvalue weighted by Gasteiger charge is -2.26. The van der Waals surface area contributed by atoms with Crippen LogP contribution in [0.2, 0.25) is 10.0 Å². The van der Waals surface area contributed by atoms with Gasteiger partial charge in [0, 0.05) is 36.2 Å². The fourth-order valence-electron chi connectivity index (χ4n) is 1.78. The van der Waals surface area contributed by atoms with Gasteiger partial charge in [0.25, 0.3) is 0 Å².